The van der Waals surface area contributed by atoms with Crippen molar-refractivity contribution in [1.29, 1.82) is 0 Å². The Morgan fingerprint density at radius 3 is 2.43 bits per heavy atom. The second-order valence-electron chi connectivity index (χ2n) is 12.2. The first-order valence-electron chi connectivity index (χ1n) is 14.8. The van der Waals surface area contributed by atoms with E-state index in [2.05, 4.69) is 29.7 Å². The number of fused-ring (bicyclic) bond motifs is 2. The van der Waals surface area contributed by atoms with E-state index in [4.69, 9.17) is 24.0 Å². The summed E-state index contributed by atoms with van der Waals surface area (Å²) in [5, 5.41) is 6.61. The van der Waals surface area contributed by atoms with E-state index in [1.807, 2.05) is 19.1 Å². The molecule has 2 N–H and O–H groups in total. The number of rotatable bonds is 7. The number of carbonyl (C=O) groups excluding carboxylic acids is 2. The number of carbonyl (C=O) groups is 2. The quantitative estimate of drug-likeness (QED) is 0.282. The minimum atomic E-state index is -0.819. The lowest BCUT2D eigenvalue weighted by Gasteiger charge is -2.60. The van der Waals surface area contributed by atoms with Gasteiger partial charge in [0.1, 0.15) is 0 Å². The van der Waals surface area contributed by atoms with E-state index in [9.17, 15) is 9.59 Å². The maximum absolute atomic E-state index is 12.6. The molecular weight excluding hydrogens is 538 g/mol. The number of ether oxygens (including phenoxy) is 3. The Labute approximate surface area is 246 Å². The van der Waals surface area contributed by atoms with Crippen molar-refractivity contribution < 1.29 is 33.6 Å². The number of amides is 2. The van der Waals surface area contributed by atoms with Crippen molar-refractivity contribution in [3.63, 3.8) is 0 Å². The van der Waals surface area contributed by atoms with Crippen molar-refractivity contribution in [2.45, 2.75) is 77.0 Å². The van der Waals surface area contributed by atoms with Crippen LogP contribution in [0.4, 0.5) is 0 Å². The summed E-state index contributed by atoms with van der Waals surface area (Å²) < 4.78 is 19.2. The molecule has 8 atom stereocenters. The van der Waals surface area contributed by atoms with Gasteiger partial charge in [-0.3, -0.25) is 9.59 Å². The van der Waals surface area contributed by atoms with Gasteiger partial charge in [-0.1, -0.05) is 38.1 Å². The minimum Gasteiger partial charge on any atom is -0.355 e. The third-order valence-corrected chi connectivity index (χ3v) is 9.51. The van der Waals surface area contributed by atoms with Gasteiger partial charge in [-0.15, -0.1) is 0 Å². The molecule has 7 rings (SSSR count). The van der Waals surface area contributed by atoms with Crippen LogP contribution in [0.2, 0.25) is 0 Å². The third-order valence-electron chi connectivity index (χ3n) is 9.51. The van der Waals surface area contributed by atoms with Crippen LogP contribution < -0.4 is 10.7 Å². The Kier molecular flexibility index (Phi) is 7.93. The maximum atomic E-state index is 12.6. The Morgan fingerprint density at radius 2 is 1.69 bits per heavy atom. The number of hydrogen-bond donors (Lipinski definition) is 2. The lowest BCUT2D eigenvalue weighted by atomic mass is 9.58. The summed E-state index contributed by atoms with van der Waals surface area (Å²) in [4.78, 5) is 36.3. The number of nitrogens with one attached hydrogen (secondary N) is 2. The fourth-order valence-corrected chi connectivity index (χ4v) is 7.09. The van der Waals surface area contributed by atoms with Gasteiger partial charge in [-0.25, -0.2) is 15.2 Å². The molecule has 2 aromatic carbocycles. The van der Waals surface area contributed by atoms with Gasteiger partial charge in [0.25, 0.3) is 11.8 Å². The van der Waals surface area contributed by atoms with Crippen molar-refractivity contribution in [3.8, 4) is 0 Å². The highest BCUT2D eigenvalue weighted by atomic mass is 17.3. The summed E-state index contributed by atoms with van der Waals surface area (Å²) >= 11 is 0. The molecule has 0 aromatic heterocycles. The van der Waals surface area contributed by atoms with Crippen molar-refractivity contribution in [2.75, 3.05) is 7.05 Å². The average molecular weight is 578 g/mol. The fourth-order valence-electron chi connectivity index (χ4n) is 7.09. The largest absolute Gasteiger partial charge is 0.355 e. The molecule has 1 aliphatic carbocycles. The Hall–Kier alpha value is -3.15. The zero-order chi connectivity index (χ0) is 29.5. The standard InChI is InChI=1S/C32H39N3O7/c1-19-5-14-26-20(2)29(39-30-32(26)25(19)15-16-31(3,40-30)41-42-32)38-18-22-8-12-24(13-9-22)28(37)35-34-17-21-6-10-23(11-7-21)27(36)33-4/h6-13,17,19-20,25-26,29-30H,5,14-16,18H2,1-4H3,(H,33,36)(H,35,37)/b34-17+/t19-,20-,25?,26?,29?,30?,31-,32-/m1/s1. The second kappa shape index (κ2) is 11.5. The van der Waals surface area contributed by atoms with Gasteiger partial charge in [0.05, 0.1) is 12.8 Å². The van der Waals surface area contributed by atoms with E-state index in [1.165, 1.54) is 6.21 Å². The molecule has 4 saturated heterocycles. The van der Waals surface area contributed by atoms with Crippen LogP contribution in [0.3, 0.4) is 0 Å². The number of nitrogens with zero attached hydrogens (tertiary/aromatic N) is 1. The normalized spacial score (nSPS) is 35.3. The van der Waals surface area contributed by atoms with E-state index in [0.29, 0.717) is 29.6 Å². The minimum absolute atomic E-state index is 0.0915. The van der Waals surface area contributed by atoms with Gasteiger partial charge in [-0.2, -0.15) is 5.10 Å². The molecule has 224 valence electrons. The smallest absolute Gasteiger partial charge is 0.271 e. The Bertz CT molecular complexity index is 1330. The van der Waals surface area contributed by atoms with Crippen molar-refractivity contribution in [1.82, 2.24) is 10.7 Å². The fraction of sp³-hybridized carbons (Fsp3) is 0.531. The first-order valence-corrected chi connectivity index (χ1v) is 14.8. The lowest BCUT2D eigenvalue weighted by Crippen LogP contribution is -2.70. The topological polar surface area (TPSA) is 117 Å². The SMILES string of the molecule is CNC(=O)c1ccc(/C=N/NC(=O)c2ccc(COC3OC4O[C@@]5(C)CCC6[C@H](C)CCC([C@H]3C)[C@@]46OO5)cc2)cc1. The van der Waals surface area contributed by atoms with Crippen LogP contribution in [-0.2, 0) is 30.6 Å². The molecule has 1 saturated carbocycles. The van der Waals surface area contributed by atoms with Crippen LogP contribution in [0.1, 0.15) is 78.3 Å². The van der Waals surface area contributed by atoms with Crippen LogP contribution in [0.15, 0.2) is 53.6 Å². The van der Waals surface area contributed by atoms with Gasteiger partial charge < -0.3 is 19.5 Å². The highest BCUT2D eigenvalue weighted by Crippen LogP contribution is 2.60. The third kappa shape index (κ3) is 5.26. The average Bonchev–Trinajstić information content (AvgIpc) is 3.24. The van der Waals surface area contributed by atoms with Crippen molar-refractivity contribution >= 4 is 18.0 Å². The molecule has 2 aromatic rings. The highest BCUT2D eigenvalue weighted by molar-refractivity contribution is 5.96. The highest BCUT2D eigenvalue weighted by Gasteiger charge is 2.69. The molecule has 4 aliphatic heterocycles. The first-order chi connectivity index (χ1) is 20.2. The molecular formula is C32H39N3O7. The van der Waals surface area contributed by atoms with Gasteiger partial charge in [0, 0.05) is 36.4 Å². The molecule has 4 heterocycles. The summed E-state index contributed by atoms with van der Waals surface area (Å²) in [6, 6.07) is 14.1. The first kappa shape index (κ1) is 28.9. The molecule has 4 unspecified atom stereocenters. The van der Waals surface area contributed by atoms with Crippen LogP contribution in [-0.4, -0.2) is 49.0 Å². The number of benzene rings is 2. The van der Waals surface area contributed by atoms with Crippen LogP contribution in [0.25, 0.3) is 0 Å². The predicted molar refractivity (Wildman–Crippen MR) is 153 cm³/mol. The van der Waals surface area contributed by atoms with E-state index >= 15 is 0 Å². The molecule has 0 radical (unpaired) electrons. The number of hydrazone groups is 1. The maximum Gasteiger partial charge on any atom is 0.271 e. The van der Waals surface area contributed by atoms with Crippen molar-refractivity contribution in [2.24, 2.45) is 28.8 Å². The Morgan fingerprint density at radius 1 is 0.976 bits per heavy atom. The molecule has 1 spiro atoms. The lowest BCUT2D eigenvalue weighted by molar-refractivity contribution is -0.577. The van der Waals surface area contributed by atoms with Crippen LogP contribution in [0, 0.1) is 23.7 Å². The second-order valence-corrected chi connectivity index (χ2v) is 12.2. The molecule has 2 bridgehead atoms. The summed E-state index contributed by atoms with van der Waals surface area (Å²) in [7, 11) is 1.58. The molecule has 10 nitrogen and oxygen atoms in total. The van der Waals surface area contributed by atoms with Gasteiger partial charge in [0.15, 0.2) is 18.2 Å². The van der Waals surface area contributed by atoms with Gasteiger partial charge >= 0.3 is 0 Å². The summed E-state index contributed by atoms with van der Waals surface area (Å²) in [5.41, 5.74) is 4.64. The molecule has 5 fully saturated rings. The monoisotopic (exact) mass is 577 g/mol. The molecule has 2 amide bonds. The van der Waals surface area contributed by atoms with E-state index < -0.39 is 24.0 Å². The van der Waals surface area contributed by atoms with Crippen molar-refractivity contribution in [3.05, 3.63) is 70.8 Å². The Balaban J connectivity index is 1.05. The number of hydrogen-bond acceptors (Lipinski definition) is 8. The summed E-state index contributed by atoms with van der Waals surface area (Å²) in [5.74, 6) is -0.196. The van der Waals surface area contributed by atoms with Gasteiger partial charge in [-0.05, 0) is 73.4 Å². The van der Waals surface area contributed by atoms with Crippen LogP contribution >= 0.6 is 0 Å². The molecule has 10 heteroatoms. The zero-order valence-electron chi connectivity index (χ0n) is 24.5. The van der Waals surface area contributed by atoms with E-state index in [0.717, 1.165) is 36.8 Å². The molecule has 42 heavy (non-hydrogen) atoms. The van der Waals surface area contributed by atoms with Gasteiger partial charge in [0.2, 0.25) is 5.79 Å². The van der Waals surface area contributed by atoms with Crippen LogP contribution in [0.5, 0.6) is 0 Å². The molecule has 5 aliphatic rings. The summed E-state index contributed by atoms with van der Waals surface area (Å²) in [6.07, 6.45) is 4.44. The van der Waals surface area contributed by atoms with E-state index in [1.54, 1.807) is 43.4 Å². The van der Waals surface area contributed by atoms with E-state index in [-0.39, 0.29) is 23.7 Å². The predicted octanol–water partition coefficient (Wildman–Crippen LogP) is 4.53. The zero-order valence-corrected chi connectivity index (χ0v) is 24.5. The summed E-state index contributed by atoms with van der Waals surface area (Å²) in [6.45, 7) is 6.72.